The summed E-state index contributed by atoms with van der Waals surface area (Å²) in [5, 5.41) is 13.7. The van der Waals surface area contributed by atoms with Crippen LogP contribution in [-0.2, 0) is 4.74 Å². The molecule has 4 rings (SSSR count). The molecule has 1 fully saturated rings. The minimum Gasteiger partial charge on any atom is -0.475 e. The average Bonchev–Trinajstić information content (AvgIpc) is 2.87. The van der Waals surface area contributed by atoms with E-state index in [1.807, 2.05) is 30.3 Å². The van der Waals surface area contributed by atoms with Crippen molar-refractivity contribution in [3.8, 4) is 34.3 Å². The zero-order chi connectivity index (χ0) is 23.9. The number of carbonyl (C=O) groups excluding carboxylic acids is 1. The number of rotatable bonds is 6. The van der Waals surface area contributed by atoms with Gasteiger partial charge in [-0.05, 0) is 29.8 Å². The number of hydrogen-bond donors (Lipinski definition) is 1. The Labute approximate surface area is 207 Å². The lowest BCUT2D eigenvalue weighted by atomic mass is 9.98. The molecule has 1 aliphatic rings. The number of benzene rings is 2. The Balaban J connectivity index is 1.58. The van der Waals surface area contributed by atoms with Crippen molar-refractivity contribution in [2.75, 3.05) is 39.5 Å². The predicted octanol–water partition coefficient (Wildman–Crippen LogP) is 5.01. The number of carbonyl (C=O) groups is 1. The van der Waals surface area contributed by atoms with Crippen LogP contribution in [0.4, 0.5) is 4.79 Å². The largest absolute Gasteiger partial charge is 0.475 e. The standard InChI is InChI=1S/C25H22Cl2N4O3/c26-19-7-5-17(6-8-19)21-15-18(16-28)24(30-23(21)20-3-1-2-4-22(20)27)34-12-9-29-25(32)31-10-13-33-14-11-31/h1-8,15H,9-14H2,(H,29,32). The molecule has 0 radical (unpaired) electrons. The number of halogens is 2. The minimum absolute atomic E-state index is 0.153. The van der Waals surface area contributed by atoms with Gasteiger partial charge in [-0.15, -0.1) is 0 Å². The Kier molecular flexibility index (Phi) is 7.86. The molecule has 9 heteroatoms. The normalized spacial score (nSPS) is 13.3. The molecule has 1 N–H and O–H groups in total. The highest BCUT2D eigenvalue weighted by atomic mass is 35.5. The van der Waals surface area contributed by atoms with Crippen LogP contribution in [0.3, 0.4) is 0 Å². The molecule has 1 aromatic heterocycles. The van der Waals surface area contributed by atoms with Crippen LogP contribution in [0.2, 0.25) is 10.0 Å². The van der Waals surface area contributed by atoms with Crippen molar-refractivity contribution in [3.63, 3.8) is 0 Å². The van der Waals surface area contributed by atoms with Gasteiger partial charge in [0.2, 0.25) is 5.88 Å². The second-order valence-electron chi connectivity index (χ2n) is 7.52. The molecule has 0 saturated carbocycles. The molecule has 0 unspecified atom stereocenters. The number of hydrogen-bond acceptors (Lipinski definition) is 5. The zero-order valence-electron chi connectivity index (χ0n) is 18.3. The van der Waals surface area contributed by atoms with E-state index in [4.69, 9.17) is 32.7 Å². The fraction of sp³-hybridized carbons (Fsp3) is 0.240. The van der Waals surface area contributed by atoms with Gasteiger partial charge in [0.05, 0.1) is 25.5 Å². The molecule has 0 bridgehead atoms. The van der Waals surface area contributed by atoms with Gasteiger partial charge in [0.1, 0.15) is 18.2 Å². The van der Waals surface area contributed by atoms with Crippen LogP contribution in [0.5, 0.6) is 5.88 Å². The first-order chi connectivity index (χ1) is 16.6. The molecule has 34 heavy (non-hydrogen) atoms. The van der Waals surface area contributed by atoms with Crippen LogP contribution in [0.1, 0.15) is 5.56 Å². The number of pyridine rings is 1. The first-order valence-corrected chi connectivity index (χ1v) is 11.5. The van der Waals surface area contributed by atoms with Crippen LogP contribution < -0.4 is 10.1 Å². The van der Waals surface area contributed by atoms with E-state index < -0.39 is 0 Å². The molecule has 0 aliphatic carbocycles. The molecule has 2 heterocycles. The molecule has 174 valence electrons. The van der Waals surface area contributed by atoms with Crippen LogP contribution in [0.15, 0.2) is 54.6 Å². The monoisotopic (exact) mass is 496 g/mol. The highest BCUT2D eigenvalue weighted by molar-refractivity contribution is 6.33. The number of ether oxygens (including phenoxy) is 2. The molecule has 3 aromatic rings. The van der Waals surface area contributed by atoms with Crippen molar-refractivity contribution in [2.45, 2.75) is 0 Å². The fourth-order valence-corrected chi connectivity index (χ4v) is 3.93. The van der Waals surface area contributed by atoms with Gasteiger partial charge in [-0.1, -0.05) is 53.5 Å². The number of morpholine rings is 1. The first kappa shape index (κ1) is 23.8. The minimum atomic E-state index is -0.171. The molecular weight excluding hydrogens is 475 g/mol. The van der Waals surface area contributed by atoms with Crippen LogP contribution in [-0.4, -0.2) is 55.4 Å². The van der Waals surface area contributed by atoms with Crippen LogP contribution in [0, 0.1) is 11.3 Å². The molecule has 1 aliphatic heterocycles. The van der Waals surface area contributed by atoms with Crippen molar-refractivity contribution in [1.82, 2.24) is 15.2 Å². The Morgan fingerprint density at radius 2 is 1.85 bits per heavy atom. The molecule has 0 spiro atoms. The van der Waals surface area contributed by atoms with E-state index in [0.29, 0.717) is 47.6 Å². The van der Waals surface area contributed by atoms with E-state index in [1.165, 1.54) is 0 Å². The van der Waals surface area contributed by atoms with Gasteiger partial charge in [0.25, 0.3) is 0 Å². The lowest BCUT2D eigenvalue weighted by Crippen LogP contribution is -2.47. The summed E-state index contributed by atoms with van der Waals surface area (Å²) in [6.07, 6.45) is 0. The predicted molar refractivity (Wildman–Crippen MR) is 131 cm³/mol. The zero-order valence-corrected chi connectivity index (χ0v) is 19.8. The third-order valence-electron chi connectivity index (χ3n) is 5.31. The fourth-order valence-electron chi connectivity index (χ4n) is 3.58. The summed E-state index contributed by atoms with van der Waals surface area (Å²) >= 11 is 12.5. The van der Waals surface area contributed by atoms with E-state index in [1.54, 1.807) is 29.2 Å². The van der Waals surface area contributed by atoms with Gasteiger partial charge in [0, 0.05) is 34.3 Å². The highest BCUT2D eigenvalue weighted by Gasteiger charge is 2.19. The second kappa shape index (κ2) is 11.2. The summed E-state index contributed by atoms with van der Waals surface area (Å²) in [4.78, 5) is 18.6. The maximum absolute atomic E-state index is 12.2. The molecule has 7 nitrogen and oxygen atoms in total. The SMILES string of the molecule is N#Cc1cc(-c2ccc(Cl)cc2)c(-c2ccccc2Cl)nc1OCCNC(=O)N1CCOCC1. The summed E-state index contributed by atoms with van der Waals surface area (Å²) in [6.45, 7) is 2.60. The van der Waals surface area contributed by atoms with Crippen LogP contribution in [0.25, 0.3) is 22.4 Å². The van der Waals surface area contributed by atoms with Gasteiger partial charge >= 0.3 is 6.03 Å². The van der Waals surface area contributed by atoms with Gasteiger partial charge in [-0.3, -0.25) is 0 Å². The summed E-state index contributed by atoms with van der Waals surface area (Å²) in [6, 6.07) is 18.4. The van der Waals surface area contributed by atoms with Gasteiger partial charge in [0.15, 0.2) is 0 Å². The number of amides is 2. The molecule has 1 saturated heterocycles. The smallest absolute Gasteiger partial charge is 0.317 e. The third kappa shape index (κ3) is 5.60. The first-order valence-electron chi connectivity index (χ1n) is 10.8. The van der Waals surface area contributed by atoms with Gasteiger partial charge in [-0.25, -0.2) is 9.78 Å². The Morgan fingerprint density at radius 3 is 2.56 bits per heavy atom. The molecule has 0 atom stereocenters. The Bertz CT molecular complexity index is 1210. The quantitative estimate of drug-likeness (QED) is 0.484. The lowest BCUT2D eigenvalue weighted by molar-refractivity contribution is 0.0530. The summed E-state index contributed by atoms with van der Waals surface area (Å²) < 4.78 is 11.1. The van der Waals surface area contributed by atoms with Crippen molar-refractivity contribution in [1.29, 1.82) is 5.26 Å². The molecule has 2 aromatic carbocycles. The number of urea groups is 1. The topological polar surface area (TPSA) is 87.5 Å². The van der Waals surface area contributed by atoms with E-state index in [2.05, 4.69) is 16.4 Å². The summed E-state index contributed by atoms with van der Waals surface area (Å²) in [5.74, 6) is 0.177. The Morgan fingerprint density at radius 1 is 1.12 bits per heavy atom. The van der Waals surface area contributed by atoms with Crippen molar-refractivity contribution in [3.05, 3.63) is 70.2 Å². The van der Waals surface area contributed by atoms with E-state index >= 15 is 0 Å². The van der Waals surface area contributed by atoms with Crippen molar-refractivity contribution in [2.24, 2.45) is 0 Å². The number of aromatic nitrogens is 1. The van der Waals surface area contributed by atoms with Crippen molar-refractivity contribution >= 4 is 29.2 Å². The Hall–Kier alpha value is -3.31. The van der Waals surface area contributed by atoms with Gasteiger partial charge < -0.3 is 19.7 Å². The highest BCUT2D eigenvalue weighted by Crippen LogP contribution is 2.37. The maximum Gasteiger partial charge on any atom is 0.317 e. The number of nitrogens with zero attached hydrogens (tertiary/aromatic N) is 3. The third-order valence-corrected chi connectivity index (χ3v) is 5.89. The van der Waals surface area contributed by atoms with E-state index in [0.717, 1.165) is 11.1 Å². The second-order valence-corrected chi connectivity index (χ2v) is 8.36. The van der Waals surface area contributed by atoms with Crippen LogP contribution >= 0.6 is 23.2 Å². The molecule has 2 amide bonds. The molecular formula is C25H22Cl2N4O3. The number of nitriles is 1. The van der Waals surface area contributed by atoms with Gasteiger partial charge in [-0.2, -0.15) is 5.26 Å². The summed E-state index contributed by atoms with van der Waals surface area (Å²) in [7, 11) is 0. The van der Waals surface area contributed by atoms with E-state index in [9.17, 15) is 10.1 Å². The van der Waals surface area contributed by atoms with Crippen molar-refractivity contribution < 1.29 is 14.3 Å². The number of nitrogens with one attached hydrogen (secondary N) is 1. The average molecular weight is 497 g/mol. The van der Waals surface area contributed by atoms with E-state index in [-0.39, 0.29) is 30.6 Å². The maximum atomic E-state index is 12.2. The summed E-state index contributed by atoms with van der Waals surface area (Å²) in [5.41, 5.74) is 3.14. The lowest BCUT2D eigenvalue weighted by Gasteiger charge is -2.26.